The van der Waals surface area contributed by atoms with Gasteiger partial charge in [-0.2, -0.15) is 0 Å². The summed E-state index contributed by atoms with van der Waals surface area (Å²) in [6.07, 6.45) is 17.9. The number of benzene rings is 3. The van der Waals surface area contributed by atoms with Crippen molar-refractivity contribution in [2.24, 2.45) is 0 Å². The van der Waals surface area contributed by atoms with Crippen LogP contribution in [-0.2, 0) is 19.3 Å². The molecule has 218 valence electrons. The predicted molar refractivity (Wildman–Crippen MR) is 171 cm³/mol. The SMILES string of the molecule is CCCCCCc1ccccc1[O][Bi]([O]c1ccccc1CCCCCC)[O]c1ccccc1CCCCCC. The van der Waals surface area contributed by atoms with Gasteiger partial charge in [-0.05, 0) is 0 Å². The van der Waals surface area contributed by atoms with E-state index in [0.717, 1.165) is 36.5 Å². The number of para-hydroxylation sites is 3. The van der Waals surface area contributed by atoms with E-state index in [4.69, 9.17) is 8.44 Å². The number of unbranched alkanes of at least 4 members (excludes halogenated alkanes) is 9. The second-order valence-corrected chi connectivity index (χ2v) is 14.6. The van der Waals surface area contributed by atoms with Gasteiger partial charge in [-0.3, -0.25) is 0 Å². The van der Waals surface area contributed by atoms with Crippen LogP contribution in [0, 0.1) is 0 Å². The molecule has 0 bridgehead atoms. The van der Waals surface area contributed by atoms with Crippen LogP contribution in [0.1, 0.15) is 115 Å². The molecule has 0 amide bonds. The monoisotopic (exact) mass is 740 g/mol. The van der Waals surface area contributed by atoms with Gasteiger partial charge in [0.25, 0.3) is 0 Å². The third kappa shape index (κ3) is 11.8. The number of hydrogen-bond donors (Lipinski definition) is 0. The van der Waals surface area contributed by atoms with Crippen molar-refractivity contribution in [3.63, 3.8) is 0 Å². The Labute approximate surface area is 254 Å². The molecule has 0 aliphatic carbocycles. The van der Waals surface area contributed by atoms with E-state index in [-0.39, 0.29) is 0 Å². The van der Waals surface area contributed by atoms with Crippen LogP contribution in [0.25, 0.3) is 0 Å². The Morgan fingerprint density at radius 2 is 0.700 bits per heavy atom. The molecular weight excluding hydrogens is 689 g/mol. The summed E-state index contributed by atoms with van der Waals surface area (Å²) < 4.78 is 20.3. The summed E-state index contributed by atoms with van der Waals surface area (Å²) in [5.74, 6) is 2.79. The van der Waals surface area contributed by atoms with Crippen molar-refractivity contribution in [2.75, 3.05) is 0 Å². The Morgan fingerprint density at radius 3 is 1.00 bits per heavy atom. The molecule has 0 radical (unpaired) electrons. The number of aryl methyl sites for hydroxylation is 3. The van der Waals surface area contributed by atoms with Crippen LogP contribution >= 0.6 is 0 Å². The van der Waals surface area contributed by atoms with E-state index in [0.29, 0.717) is 0 Å². The molecule has 0 aliphatic rings. The summed E-state index contributed by atoms with van der Waals surface area (Å²) >= 11 is -3.46. The Bertz CT molecular complexity index is 946. The first-order valence-electron chi connectivity index (χ1n) is 15.8. The molecule has 0 saturated carbocycles. The molecule has 3 nitrogen and oxygen atoms in total. The quantitative estimate of drug-likeness (QED) is 0.0804. The molecule has 0 unspecified atom stereocenters. The van der Waals surface area contributed by atoms with Crippen molar-refractivity contribution in [3.05, 3.63) is 89.5 Å². The zero-order valence-electron chi connectivity index (χ0n) is 25.2. The van der Waals surface area contributed by atoms with Crippen LogP contribution in [-0.4, -0.2) is 23.1 Å². The van der Waals surface area contributed by atoms with Crippen molar-refractivity contribution < 1.29 is 8.44 Å². The molecule has 0 fully saturated rings. The van der Waals surface area contributed by atoms with Crippen LogP contribution in [0.4, 0.5) is 0 Å². The molecule has 0 saturated heterocycles. The van der Waals surface area contributed by atoms with Gasteiger partial charge in [0.15, 0.2) is 0 Å². The second-order valence-electron chi connectivity index (χ2n) is 10.8. The van der Waals surface area contributed by atoms with Gasteiger partial charge in [-0.15, -0.1) is 0 Å². The zero-order valence-corrected chi connectivity index (χ0v) is 28.7. The van der Waals surface area contributed by atoms with E-state index in [1.165, 1.54) is 93.7 Å². The van der Waals surface area contributed by atoms with Gasteiger partial charge < -0.3 is 0 Å². The maximum atomic E-state index is 6.77. The van der Waals surface area contributed by atoms with Gasteiger partial charge in [-0.25, -0.2) is 0 Å². The molecule has 0 aliphatic heterocycles. The molecular formula is C36H51BiO3. The minimum atomic E-state index is -3.46. The number of hydrogen-bond acceptors (Lipinski definition) is 3. The standard InChI is InChI=1S/3C12H18O.Bi/c3*1-2-3-4-5-8-11-9-6-7-10-12(11)13;/h3*6-7,9-10,13H,2-5,8H2,1H3;/q;;;+3/p-3. The third-order valence-electron chi connectivity index (χ3n) is 7.34. The van der Waals surface area contributed by atoms with Gasteiger partial charge in [0.1, 0.15) is 0 Å². The molecule has 3 aromatic rings. The topological polar surface area (TPSA) is 27.7 Å². The summed E-state index contributed by atoms with van der Waals surface area (Å²) in [7, 11) is 0. The van der Waals surface area contributed by atoms with E-state index < -0.39 is 23.1 Å². The summed E-state index contributed by atoms with van der Waals surface area (Å²) in [4.78, 5) is 0. The Balaban J connectivity index is 1.82. The molecule has 0 atom stereocenters. The molecule has 0 aromatic heterocycles. The summed E-state index contributed by atoms with van der Waals surface area (Å²) in [5.41, 5.74) is 3.77. The molecule has 40 heavy (non-hydrogen) atoms. The van der Waals surface area contributed by atoms with Gasteiger partial charge in [-0.1, -0.05) is 0 Å². The average molecular weight is 741 g/mol. The van der Waals surface area contributed by atoms with Crippen LogP contribution in [0.15, 0.2) is 72.8 Å². The maximum absolute atomic E-state index is 6.77. The van der Waals surface area contributed by atoms with Gasteiger partial charge >= 0.3 is 255 Å². The fraction of sp³-hybridized carbons (Fsp3) is 0.500. The van der Waals surface area contributed by atoms with Crippen LogP contribution < -0.4 is 8.44 Å². The van der Waals surface area contributed by atoms with Crippen LogP contribution in [0.3, 0.4) is 0 Å². The summed E-state index contributed by atoms with van der Waals surface area (Å²) in [5, 5.41) is 0. The van der Waals surface area contributed by atoms with Crippen LogP contribution in [0.2, 0.25) is 0 Å². The third-order valence-corrected chi connectivity index (χ3v) is 11.4. The van der Waals surface area contributed by atoms with Crippen molar-refractivity contribution in [3.8, 4) is 17.2 Å². The Morgan fingerprint density at radius 1 is 0.400 bits per heavy atom. The van der Waals surface area contributed by atoms with Crippen molar-refractivity contribution in [1.82, 2.24) is 0 Å². The first kappa shape index (κ1) is 32.5. The second kappa shape index (κ2) is 19.9. The molecule has 0 heterocycles. The van der Waals surface area contributed by atoms with Crippen molar-refractivity contribution in [2.45, 2.75) is 117 Å². The van der Waals surface area contributed by atoms with E-state index in [1.807, 2.05) is 0 Å². The predicted octanol–water partition coefficient (Wildman–Crippen LogP) is 10.6. The first-order chi connectivity index (χ1) is 19.7. The average Bonchev–Trinajstić information content (AvgIpc) is 2.98. The number of rotatable bonds is 21. The van der Waals surface area contributed by atoms with Crippen molar-refractivity contribution in [1.29, 1.82) is 0 Å². The molecule has 0 N–H and O–H groups in total. The fourth-order valence-corrected chi connectivity index (χ4v) is 9.31. The summed E-state index contributed by atoms with van der Waals surface area (Å²) in [6.45, 7) is 6.77. The summed E-state index contributed by atoms with van der Waals surface area (Å²) in [6, 6.07) is 25.4. The molecule has 4 heteroatoms. The van der Waals surface area contributed by atoms with Gasteiger partial charge in [0.05, 0.1) is 0 Å². The normalized spacial score (nSPS) is 11.1. The van der Waals surface area contributed by atoms with Gasteiger partial charge in [0, 0.05) is 0 Å². The molecule has 3 aromatic carbocycles. The van der Waals surface area contributed by atoms with Crippen molar-refractivity contribution >= 4 is 23.1 Å². The fourth-order valence-electron chi connectivity index (χ4n) is 4.92. The van der Waals surface area contributed by atoms with E-state index in [1.54, 1.807) is 0 Å². The van der Waals surface area contributed by atoms with E-state index in [9.17, 15) is 0 Å². The first-order valence-corrected chi connectivity index (χ1v) is 20.1. The van der Waals surface area contributed by atoms with E-state index >= 15 is 0 Å². The Kier molecular flexibility index (Phi) is 16.2. The Hall–Kier alpha value is -2.06. The van der Waals surface area contributed by atoms with Gasteiger partial charge in [0.2, 0.25) is 0 Å². The van der Waals surface area contributed by atoms with E-state index in [2.05, 4.69) is 93.6 Å². The molecule has 3 rings (SSSR count). The zero-order chi connectivity index (χ0) is 28.3. The van der Waals surface area contributed by atoms with Crippen LogP contribution in [0.5, 0.6) is 17.2 Å². The molecule has 0 spiro atoms. The minimum absolute atomic E-state index is 0.928.